The number of hydrogen-bond acceptors (Lipinski definition) is 5. The molecule has 6 heteroatoms. The molecule has 1 saturated heterocycles. The second-order valence-corrected chi connectivity index (χ2v) is 4.56. The summed E-state index contributed by atoms with van der Waals surface area (Å²) in [5, 5.41) is 14.0. The number of rotatable bonds is 3. The van der Waals surface area contributed by atoms with Crippen molar-refractivity contribution in [3.05, 3.63) is 42.1 Å². The predicted molar refractivity (Wildman–Crippen MR) is 84.1 cm³/mol. The van der Waals surface area contributed by atoms with Crippen molar-refractivity contribution in [3.63, 3.8) is 0 Å². The van der Waals surface area contributed by atoms with E-state index in [1.165, 1.54) is 0 Å². The Morgan fingerprint density at radius 1 is 1.20 bits per heavy atom. The molecule has 2 N–H and O–H groups in total. The highest BCUT2D eigenvalue weighted by Gasteiger charge is 2.15. The Morgan fingerprint density at radius 2 is 1.95 bits per heavy atom. The third-order valence-corrected chi connectivity index (χ3v) is 3.17. The molecule has 1 aromatic heterocycles. The van der Waals surface area contributed by atoms with E-state index in [2.05, 4.69) is 32.9 Å². The number of fused-ring (bicyclic) bond motifs is 1. The average Bonchev–Trinajstić information content (AvgIpc) is 2.99. The van der Waals surface area contributed by atoms with Crippen LogP contribution < -0.4 is 10.6 Å². The average molecular weight is 292 g/mol. The summed E-state index contributed by atoms with van der Waals surface area (Å²) in [6, 6.07) is 12.1. The molecule has 0 spiro atoms. The molecule has 2 heterocycles. The van der Waals surface area contributed by atoms with Gasteiger partial charge in [0.25, 0.3) is 0 Å². The van der Waals surface area contributed by atoms with Crippen LogP contribution in [0.1, 0.15) is 5.69 Å². The number of nitrogens with zero attached hydrogens (tertiary/aromatic N) is 3. The highest BCUT2D eigenvalue weighted by atomic mass is 35.5. The van der Waals surface area contributed by atoms with Crippen molar-refractivity contribution >= 4 is 29.5 Å². The number of para-hydroxylation sites is 1. The third-order valence-electron chi connectivity index (χ3n) is 3.17. The molecule has 0 radical (unpaired) electrons. The number of hydrogen-bond donors (Lipinski definition) is 2. The molecule has 0 unspecified atom stereocenters. The van der Waals surface area contributed by atoms with Crippen LogP contribution in [-0.2, 0) is 0 Å². The van der Waals surface area contributed by atoms with Crippen LogP contribution in [-0.4, -0.2) is 42.6 Å². The lowest BCUT2D eigenvalue weighted by Gasteiger charge is -2.20. The van der Waals surface area contributed by atoms with Gasteiger partial charge in [0.05, 0.1) is 17.4 Å². The number of aromatic nitrogens is 1. The maximum absolute atomic E-state index is 4.56. The fourth-order valence-corrected chi connectivity index (χ4v) is 2.12. The lowest BCUT2D eigenvalue weighted by Crippen LogP contribution is -2.43. The van der Waals surface area contributed by atoms with Gasteiger partial charge in [-0.2, -0.15) is 5.10 Å². The van der Waals surface area contributed by atoms with Gasteiger partial charge in [0.1, 0.15) is 0 Å². The van der Waals surface area contributed by atoms with Crippen LogP contribution in [0.2, 0.25) is 0 Å². The number of halogens is 1. The highest BCUT2D eigenvalue weighted by molar-refractivity contribution is 5.85. The normalized spacial score (nSPS) is 15.7. The van der Waals surface area contributed by atoms with Gasteiger partial charge in [-0.25, -0.2) is 4.98 Å². The van der Waals surface area contributed by atoms with E-state index in [1.54, 1.807) is 6.21 Å². The molecule has 3 rings (SSSR count). The van der Waals surface area contributed by atoms with Crippen LogP contribution in [0.5, 0.6) is 0 Å². The standard InChI is InChI=1S/C14H17N5.ClH/c1-19(14-15-8-9-16-14)17-10-12-7-6-11-4-2-3-5-13(11)18-12;/h2-7,10,14-16H,8-9H2,1H3;1H/b17-10+;. The van der Waals surface area contributed by atoms with E-state index in [0.29, 0.717) is 0 Å². The second-order valence-electron chi connectivity index (χ2n) is 4.56. The van der Waals surface area contributed by atoms with Gasteiger partial charge in [-0.3, -0.25) is 15.6 Å². The molecule has 0 bridgehead atoms. The molecular weight excluding hydrogens is 274 g/mol. The second kappa shape index (κ2) is 6.65. The maximum atomic E-state index is 4.56. The molecule has 1 aliphatic heterocycles. The van der Waals surface area contributed by atoms with Crippen molar-refractivity contribution in [2.45, 2.75) is 6.29 Å². The molecule has 1 aromatic carbocycles. The summed E-state index contributed by atoms with van der Waals surface area (Å²) in [5.41, 5.74) is 1.86. The monoisotopic (exact) mass is 291 g/mol. The van der Waals surface area contributed by atoms with E-state index in [4.69, 9.17) is 0 Å². The minimum absolute atomic E-state index is 0. The molecule has 20 heavy (non-hydrogen) atoms. The van der Waals surface area contributed by atoms with Gasteiger partial charge in [-0.15, -0.1) is 12.4 Å². The lowest BCUT2D eigenvalue weighted by atomic mass is 10.2. The zero-order chi connectivity index (χ0) is 13.1. The zero-order valence-corrected chi connectivity index (χ0v) is 12.1. The van der Waals surface area contributed by atoms with E-state index >= 15 is 0 Å². The summed E-state index contributed by atoms with van der Waals surface area (Å²) >= 11 is 0. The topological polar surface area (TPSA) is 52.6 Å². The van der Waals surface area contributed by atoms with Gasteiger partial charge in [0, 0.05) is 25.5 Å². The Balaban J connectivity index is 0.00000147. The van der Waals surface area contributed by atoms with E-state index in [1.807, 2.05) is 36.3 Å². The Morgan fingerprint density at radius 3 is 2.75 bits per heavy atom. The quantitative estimate of drug-likeness (QED) is 0.663. The van der Waals surface area contributed by atoms with Crippen molar-refractivity contribution in [1.82, 2.24) is 20.6 Å². The largest absolute Gasteiger partial charge is 0.282 e. The van der Waals surface area contributed by atoms with Gasteiger partial charge in [-0.05, 0) is 12.1 Å². The molecule has 1 fully saturated rings. The smallest absolute Gasteiger partial charge is 0.150 e. The highest BCUT2D eigenvalue weighted by Crippen LogP contribution is 2.10. The molecule has 2 aromatic rings. The van der Waals surface area contributed by atoms with Crippen molar-refractivity contribution in [3.8, 4) is 0 Å². The third kappa shape index (κ3) is 3.25. The van der Waals surface area contributed by atoms with Gasteiger partial charge >= 0.3 is 0 Å². The molecule has 5 nitrogen and oxygen atoms in total. The van der Waals surface area contributed by atoms with Crippen LogP contribution in [0.3, 0.4) is 0 Å². The van der Waals surface area contributed by atoms with Crippen LogP contribution in [0.25, 0.3) is 10.9 Å². The molecule has 0 atom stereocenters. The summed E-state index contributed by atoms with van der Waals surface area (Å²) in [4.78, 5) is 4.56. The Bertz CT molecular complexity index is 595. The molecular formula is C14H18ClN5. The number of nitrogens with one attached hydrogen (secondary N) is 2. The first-order chi connectivity index (χ1) is 9.33. The van der Waals surface area contributed by atoms with Gasteiger partial charge in [0.15, 0.2) is 6.29 Å². The van der Waals surface area contributed by atoms with E-state index in [0.717, 1.165) is 29.7 Å². The summed E-state index contributed by atoms with van der Waals surface area (Å²) in [6.45, 7) is 1.94. The zero-order valence-electron chi connectivity index (χ0n) is 11.3. The van der Waals surface area contributed by atoms with E-state index < -0.39 is 0 Å². The van der Waals surface area contributed by atoms with Crippen molar-refractivity contribution in [1.29, 1.82) is 0 Å². The fourth-order valence-electron chi connectivity index (χ4n) is 2.12. The van der Waals surface area contributed by atoms with Gasteiger partial charge < -0.3 is 0 Å². The van der Waals surface area contributed by atoms with Crippen molar-refractivity contribution in [2.75, 3.05) is 20.1 Å². The van der Waals surface area contributed by atoms with Crippen molar-refractivity contribution < 1.29 is 0 Å². The molecule has 1 aliphatic rings. The van der Waals surface area contributed by atoms with Crippen LogP contribution >= 0.6 is 12.4 Å². The number of hydrazone groups is 1. The van der Waals surface area contributed by atoms with Crippen molar-refractivity contribution in [2.24, 2.45) is 5.10 Å². The number of pyridine rings is 1. The summed E-state index contributed by atoms with van der Waals surface area (Å²) in [6.07, 6.45) is 1.89. The minimum atomic E-state index is 0. The van der Waals surface area contributed by atoms with Gasteiger partial charge in [0.2, 0.25) is 0 Å². The Labute approximate surface area is 124 Å². The lowest BCUT2D eigenvalue weighted by molar-refractivity contribution is 0.215. The maximum Gasteiger partial charge on any atom is 0.150 e. The molecule has 0 amide bonds. The molecule has 106 valence electrons. The first-order valence-electron chi connectivity index (χ1n) is 6.42. The first kappa shape index (κ1) is 14.7. The molecule has 0 aliphatic carbocycles. The SMILES string of the molecule is CN(/N=C/c1ccc2ccccc2n1)C1NCCN1.Cl. The minimum Gasteiger partial charge on any atom is -0.282 e. The number of benzene rings is 1. The van der Waals surface area contributed by atoms with Crippen LogP contribution in [0, 0.1) is 0 Å². The first-order valence-corrected chi connectivity index (χ1v) is 6.42. The summed E-state index contributed by atoms with van der Waals surface area (Å²) < 4.78 is 0. The van der Waals surface area contributed by atoms with Crippen LogP contribution in [0.15, 0.2) is 41.5 Å². The van der Waals surface area contributed by atoms with Crippen LogP contribution in [0.4, 0.5) is 0 Å². The Hall–Kier alpha value is -1.69. The van der Waals surface area contributed by atoms with Gasteiger partial charge in [-0.1, -0.05) is 24.3 Å². The Kier molecular flexibility index (Phi) is 4.89. The van der Waals surface area contributed by atoms with E-state index in [-0.39, 0.29) is 18.7 Å². The summed E-state index contributed by atoms with van der Waals surface area (Å²) in [5.74, 6) is 0. The fraction of sp³-hybridized carbons (Fsp3) is 0.286. The summed E-state index contributed by atoms with van der Waals surface area (Å²) in [7, 11) is 1.94. The molecule has 0 saturated carbocycles. The predicted octanol–water partition coefficient (Wildman–Crippen LogP) is 1.40. The van der Waals surface area contributed by atoms with E-state index in [9.17, 15) is 0 Å².